The highest BCUT2D eigenvalue weighted by Gasteiger charge is 2.15. The molecule has 19 heavy (non-hydrogen) atoms. The molecule has 3 heteroatoms. The number of nitrogens with two attached hydrogens (primary N) is 1. The molecule has 0 spiro atoms. The molecule has 0 aromatic heterocycles. The fourth-order valence-electron chi connectivity index (χ4n) is 2.80. The van der Waals surface area contributed by atoms with Crippen LogP contribution in [0.4, 0.5) is 0 Å². The van der Waals surface area contributed by atoms with Crippen molar-refractivity contribution in [3.63, 3.8) is 0 Å². The maximum atomic E-state index is 5.60. The van der Waals surface area contributed by atoms with Gasteiger partial charge in [-0.3, -0.25) is 4.90 Å². The van der Waals surface area contributed by atoms with Crippen LogP contribution in [0.1, 0.15) is 17.5 Å². The summed E-state index contributed by atoms with van der Waals surface area (Å²) >= 11 is 0. The molecule has 2 rings (SSSR count). The van der Waals surface area contributed by atoms with Crippen LogP contribution in [0, 0.1) is 6.92 Å². The molecule has 1 saturated heterocycles. The predicted molar refractivity (Wildman–Crippen MR) is 81.4 cm³/mol. The van der Waals surface area contributed by atoms with E-state index in [2.05, 4.69) is 41.0 Å². The molecule has 1 aromatic carbocycles. The van der Waals surface area contributed by atoms with Gasteiger partial charge < -0.3 is 10.6 Å². The SMILES string of the molecule is Cc1ccccc1CCCN1CCN(CCN)CC1. The molecular weight excluding hydrogens is 234 g/mol. The van der Waals surface area contributed by atoms with E-state index in [0.29, 0.717) is 0 Å². The normalized spacial score (nSPS) is 17.8. The fourth-order valence-corrected chi connectivity index (χ4v) is 2.80. The van der Waals surface area contributed by atoms with Crippen molar-refractivity contribution in [2.45, 2.75) is 19.8 Å². The first-order valence-electron chi connectivity index (χ1n) is 7.49. The molecule has 0 saturated carbocycles. The van der Waals surface area contributed by atoms with Gasteiger partial charge in [0.25, 0.3) is 0 Å². The van der Waals surface area contributed by atoms with Crippen LogP contribution in [0.5, 0.6) is 0 Å². The van der Waals surface area contributed by atoms with Gasteiger partial charge in [-0.15, -0.1) is 0 Å². The molecule has 0 atom stereocenters. The molecule has 2 N–H and O–H groups in total. The first kappa shape index (κ1) is 14.5. The van der Waals surface area contributed by atoms with Gasteiger partial charge in [0, 0.05) is 39.3 Å². The summed E-state index contributed by atoms with van der Waals surface area (Å²) in [6, 6.07) is 8.73. The molecule has 1 fully saturated rings. The summed E-state index contributed by atoms with van der Waals surface area (Å²) in [7, 11) is 0. The third-order valence-corrected chi connectivity index (χ3v) is 4.09. The third kappa shape index (κ3) is 4.60. The van der Waals surface area contributed by atoms with Crippen LogP contribution < -0.4 is 5.73 Å². The predicted octanol–water partition coefficient (Wildman–Crippen LogP) is 1.50. The van der Waals surface area contributed by atoms with Crippen LogP contribution in [-0.4, -0.2) is 55.6 Å². The highest BCUT2D eigenvalue weighted by atomic mass is 15.3. The van der Waals surface area contributed by atoms with Crippen LogP contribution in [0.25, 0.3) is 0 Å². The summed E-state index contributed by atoms with van der Waals surface area (Å²) in [6.07, 6.45) is 2.47. The van der Waals surface area contributed by atoms with E-state index in [1.54, 1.807) is 0 Å². The minimum atomic E-state index is 0.785. The van der Waals surface area contributed by atoms with E-state index in [1.807, 2.05) is 0 Å². The maximum absolute atomic E-state index is 5.60. The zero-order chi connectivity index (χ0) is 13.5. The van der Waals surface area contributed by atoms with Gasteiger partial charge in [0.05, 0.1) is 0 Å². The zero-order valence-corrected chi connectivity index (χ0v) is 12.1. The van der Waals surface area contributed by atoms with E-state index in [9.17, 15) is 0 Å². The van der Waals surface area contributed by atoms with Gasteiger partial charge in [-0.2, -0.15) is 0 Å². The largest absolute Gasteiger partial charge is 0.329 e. The molecule has 106 valence electrons. The third-order valence-electron chi connectivity index (χ3n) is 4.09. The number of rotatable bonds is 6. The Morgan fingerprint density at radius 1 is 1.00 bits per heavy atom. The van der Waals surface area contributed by atoms with Crippen LogP contribution >= 0.6 is 0 Å². The van der Waals surface area contributed by atoms with E-state index in [4.69, 9.17) is 5.73 Å². The van der Waals surface area contributed by atoms with Crippen molar-refractivity contribution in [3.05, 3.63) is 35.4 Å². The Morgan fingerprint density at radius 2 is 1.63 bits per heavy atom. The molecule has 1 aromatic rings. The van der Waals surface area contributed by atoms with Crippen molar-refractivity contribution in [1.82, 2.24) is 9.80 Å². The van der Waals surface area contributed by atoms with Crippen LogP contribution in [0.2, 0.25) is 0 Å². The quantitative estimate of drug-likeness (QED) is 0.842. The summed E-state index contributed by atoms with van der Waals surface area (Å²) in [5.74, 6) is 0. The lowest BCUT2D eigenvalue weighted by atomic mass is 10.0. The van der Waals surface area contributed by atoms with Gasteiger partial charge in [-0.05, 0) is 37.4 Å². The molecule has 1 heterocycles. The summed E-state index contributed by atoms with van der Waals surface area (Å²) < 4.78 is 0. The first-order valence-corrected chi connectivity index (χ1v) is 7.49. The minimum Gasteiger partial charge on any atom is -0.329 e. The standard InChI is InChI=1S/C16H27N3/c1-15-5-2-3-6-16(15)7-4-9-18-11-13-19(10-8-17)14-12-18/h2-3,5-6H,4,7-14,17H2,1H3. The minimum absolute atomic E-state index is 0.785. The molecule has 0 bridgehead atoms. The van der Waals surface area contributed by atoms with Crippen LogP contribution in [-0.2, 0) is 6.42 Å². The van der Waals surface area contributed by atoms with Crippen molar-refractivity contribution in [2.75, 3.05) is 45.8 Å². The molecule has 0 aliphatic carbocycles. The van der Waals surface area contributed by atoms with Crippen LogP contribution in [0.15, 0.2) is 24.3 Å². The molecule has 0 amide bonds. The van der Waals surface area contributed by atoms with E-state index in [0.717, 1.165) is 13.1 Å². The number of piperazine rings is 1. The van der Waals surface area contributed by atoms with Crippen molar-refractivity contribution >= 4 is 0 Å². The number of hydrogen-bond acceptors (Lipinski definition) is 3. The number of benzene rings is 1. The van der Waals surface area contributed by atoms with Crippen molar-refractivity contribution < 1.29 is 0 Å². The van der Waals surface area contributed by atoms with Crippen molar-refractivity contribution in [3.8, 4) is 0 Å². The molecule has 1 aliphatic heterocycles. The monoisotopic (exact) mass is 261 g/mol. The second-order valence-electron chi connectivity index (χ2n) is 5.50. The van der Waals surface area contributed by atoms with E-state index in [-0.39, 0.29) is 0 Å². The second-order valence-corrected chi connectivity index (χ2v) is 5.50. The lowest BCUT2D eigenvalue weighted by Crippen LogP contribution is -2.47. The molecule has 0 unspecified atom stereocenters. The van der Waals surface area contributed by atoms with Gasteiger partial charge in [-0.25, -0.2) is 0 Å². The number of aryl methyl sites for hydroxylation is 2. The van der Waals surface area contributed by atoms with Gasteiger partial charge in [-0.1, -0.05) is 24.3 Å². The van der Waals surface area contributed by atoms with Gasteiger partial charge in [0.2, 0.25) is 0 Å². The Balaban J connectivity index is 1.66. The molecule has 1 aliphatic rings. The molecule has 3 nitrogen and oxygen atoms in total. The smallest absolute Gasteiger partial charge is 0.0110 e. The van der Waals surface area contributed by atoms with Gasteiger partial charge in [0.1, 0.15) is 0 Å². The van der Waals surface area contributed by atoms with Crippen molar-refractivity contribution in [1.29, 1.82) is 0 Å². The second kappa shape index (κ2) is 7.63. The lowest BCUT2D eigenvalue weighted by Gasteiger charge is -2.34. The summed E-state index contributed by atoms with van der Waals surface area (Å²) in [6.45, 7) is 10.0. The van der Waals surface area contributed by atoms with Crippen molar-refractivity contribution in [2.24, 2.45) is 5.73 Å². The van der Waals surface area contributed by atoms with E-state index >= 15 is 0 Å². The Kier molecular flexibility index (Phi) is 5.83. The molecular formula is C16H27N3. The van der Waals surface area contributed by atoms with Gasteiger partial charge >= 0.3 is 0 Å². The average molecular weight is 261 g/mol. The Hall–Kier alpha value is -0.900. The number of hydrogen-bond donors (Lipinski definition) is 1. The summed E-state index contributed by atoms with van der Waals surface area (Å²) in [5.41, 5.74) is 8.53. The topological polar surface area (TPSA) is 32.5 Å². The first-order chi connectivity index (χ1) is 9.29. The molecule has 0 radical (unpaired) electrons. The summed E-state index contributed by atoms with van der Waals surface area (Å²) in [4.78, 5) is 5.06. The Morgan fingerprint density at radius 3 is 2.26 bits per heavy atom. The Bertz CT molecular complexity index is 370. The highest BCUT2D eigenvalue weighted by molar-refractivity contribution is 5.25. The van der Waals surface area contributed by atoms with Gasteiger partial charge in [0.15, 0.2) is 0 Å². The van der Waals surface area contributed by atoms with E-state index < -0.39 is 0 Å². The van der Waals surface area contributed by atoms with Crippen LogP contribution in [0.3, 0.4) is 0 Å². The Labute approximate surface area is 117 Å². The zero-order valence-electron chi connectivity index (χ0n) is 12.1. The van der Waals surface area contributed by atoms with E-state index in [1.165, 1.54) is 56.7 Å². The average Bonchev–Trinajstić information content (AvgIpc) is 2.43. The summed E-state index contributed by atoms with van der Waals surface area (Å²) in [5, 5.41) is 0. The maximum Gasteiger partial charge on any atom is 0.0110 e. The lowest BCUT2D eigenvalue weighted by molar-refractivity contribution is 0.134. The highest BCUT2D eigenvalue weighted by Crippen LogP contribution is 2.10. The fraction of sp³-hybridized carbons (Fsp3) is 0.625. The number of nitrogens with zero attached hydrogens (tertiary/aromatic N) is 2.